The van der Waals surface area contributed by atoms with Crippen molar-refractivity contribution in [3.63, 3.8) is 0 Å². The molecular formula is C22H19BClN6O3. The van der Waals surface area contributed by atoms with Crippen LogP contribution in [-0.4, -0.2) is 53.9 Å². The third-order valence-electron chi connectivity index (χ3n) is 5.49. The number of nitrogens with one attached hydrogen (secondary N) is 1. The standard InChI is InChI=1S/C22H19BClN6O3/c1-22(11-31)10-30(23-12-32)19-14(8-25)5-13(6-16(19)22)17-3-4-26-21(28-17)29-18-7-15(24)9-27-20(18)33-2/h3-7,9,12,31H,10-11H2,1-2H3,(H,26,28,29). The molecule has 1 unspecified atom stereocenters. The number of aromatic nitrogens is 3. The molecule has 9 nitrogen and oxygen atoms in total. The Labute approximate surface area is 196 Å². The van der Waals surface area contributed by atoms with E-state index < -0.39 is 5.41 Å². The Hall–Kier alpha value is -3.68. The Morgan fingerprint density at radius 3 is 2.94 bits per heavy atom. The van der Waals surface area contributed by atoms with E-state index in [2.05, 4.69) is 26.3 Å². The quantitative estimate of drug-likeness (QED) is 0.403. The molecule has 1 aliphatic heterocycles. The highest BCUT2D eigenvalue weighted by molar-refractivity contribution is 6.70. The smallest absolute Gasteiger partial charge is 0.329 e. The number of methoxy groups -OCH3 is 1. The van der Waals surface area contributed by atoms with E-state index in [0.29, 0.717) is 51.8 Å². The third kappa shape index (κ3) is 4.20. The van der Waals surface area contributed by atoms with Crippen LogP contribution in [0.25, 0.3) is 11.3 Å². The van der Waals surface area contributed by atoms with Crippen molar-refractivity contribution in [1.82, 2.24) is 15.0 Å². The highest BCUT2D eigenvalue weighted by atomic mass is 35.5. The van der Waals surface area contributed by atoms with Crippen LogP contribution < -0.4 is 14.9 Å². The lowest BCUT2D eigenvalue weighted by molar-refractivity contribution is 0.217. The van der Waals surface area contributed by atoms with E-state index in [1.807, 2.05) is 13.0 Å². The van der Waals surface area contributed by atoms with Crippen molar-refractivity contribution < 1.29 is 14.6 Å². The number of nitrogens with zero attached hydrogens (tertiary/aromatic N) is 5. The van der Waals surface area contributed by atoms with Crippen LogP contribution in [0.15, 0.2) is 36.7 Å². The lowest BCUT2D eigenvalue weighted by Crippen LogP contribution is -2.36. The Bertz CT molecular complexity index is 1270. The molecule has 1 radical (unpaired) electrons. The van der Waals surface area contributed by atoms with Crippen LogP contribution in [0.5, 0.6) is 5.88 Å². The largest absolute Gasteiger partial charge is 0.480 e. The minimum absolute atomic E-state index is 0.143. The second kappa shape index (κ2) is 9.06. The van der Waals surface area contributed by atoms with Crippen molar-refractivity contribution >= 4 is 42.5 Å². The number of anilines is 3. The fourth-order valence-corrected chi connectivity index (χ4v) is 4.05. The molecule has 3 heterocycles. The summed E-state index contributed by atoms with van der Waals surface area (Å²) in [5.41, 5.74) is 2.87. The van der Waals surface area contributed by atoms with Crippen molar-refractivity contribution in [3.05, 3.63) is 52.8 Å². The first-order chi connectivity index (χ1) is 15.9. The predicted molar refractivity (Wildman–Crippen MR) is 126 cm³/mol. The molecule has 33 heavy (non-hydrogen) atoms. The lowest BCUT2D eigenvalue weighted by Gasteiger charge is -2.23. The Balaban J connectivity index is 1.77. The van der Waals surface area contributed by atoms with Gasteiger partial charge < -0.3 is 24.8 Å². The maximum atomic E-state index is 11.1. The van der Waals surface area contributed by atoms with Gasteiger partial charge in [-0.1, -0.05) is 18.5 Å². The minimum Gasteiger partial charge on any atom is -0.480 e. The molecule has 0 spiro atoms. The number of ether oxygens (including phenoxy) is 1. The fourth-order valence-electron chi connectivity index (χ4n) is 3.89. The molecule has 1 aromatic carbocycles. The van der Waals surface area contributed by atoms with Crippen LogP contribution in [0.2, 0.25) is 5.02 Å². The molecule has 2 aromatic heterocycles. The minimum atomic E-state index is -0.648. The summed E-state index contributed by atoms with van der Waals surface area (Å²) in [6.07, 6.45) is 3.73. The highest BCUT2D eigenvalue weighted by Gasteiger charge is 2.40. The predicted octanol–water partition coefficient (Wildman–Crippen LogP) is 2.70. The molecule has 2 N–H and O–H groups in total. The fraction of sp³-hybridized carbons (Fsp3) is 0.227. The first-order valence-electron chi connectivity index (χ1n) is 9.97. The molecule has 0 bridgehead atoms. The van der Waals surface area contributed by atoms with E-state index >= 15 is 0 Å². The van der Waals surface area contributed by atoms with Crippen molar-refractivity contribution in [2.75, 3.05) is 30.4 Å². The number of halogens is 1. The lowest BCUT2D eigenvalue weighted by atomic mass is 9.83. The van der Waals surface area contributed by atoms with Gasteiger partial charge in [0.05, 0.1) is 30.0 Å². The number of fused-ring (bicyclic) bond motifs is 1. The van der Waals surface area contributed by atoms with Gasteiger partial charge in [-0.05, 0) is 29.8 Å². The number of benzene rings is 1. The number of hydrogen-bond acceptors (Lipinski definition) is 9. The van der Waals surface area contributed by atoms with Crippen molar-refractivity contribution in [2.24, 2.45) is 0 Å². The molecule has 11 heteroatoms. The molecule has 4 rings (SSSR count). The Kier molecular flexibility index (Phi) is 6.18. The van der Waals surface area contributed by atoms with Crippen LogP contribution in [-0.2, 0) is 10.2 Å². The second-order valence-corrected chi connectivity index (χ2v) is 8.20. The molecule has 3 aromatic rings. The van der Waals surface area contributed by atoms with E-state index in [0.717, 1.165) is 5.56 Å². The number of hydrogen-bond donors (Lipinski definition) is 2. The summed E-state index contributed by atoms with van der Waals surface area (Å²) in [7, 11) is 2.87. The molecule has 0 amide bonds. The first-order valence-corrected chi connectivity index (χ1v) is 10.3. The van der Waals surface area contributed by atoms with Gasteiger partial charge in [0, 0.05) is 35.6 Å². The van der Waals surface area contributed by atoms with Crippen LogP contribution in [0.4, 0.5) is 17.3 Å². The molecule has 165 valence electrons. The van der Waals surface area contributed by atoms with Gasteiger partial charge in [-0.15, -0.1) is 0 Å². The molecule has 0 aliphatic carbocycles. The maximum Gasteiger partial charge on any atom is 0.329 e. The number of carbonyl (C=O) groups excluding carboxylic acids is 1. The summed E-state index contributed by atoms with van der Waals surface area (Å²) in [5.74, 6) is 0.623. The third-order valence-corrected chi connectivity index (χ3v) is 5.69. The number of rotatable bonds is 7. The van der Waals surface area contributed by atoms with Gasteiger partial charge in [0.2, 0.25) is 11.8 Å². The SMILES string of the molecule is COc1ncc(Cl)cc1Nc1nccc(-c2cc(C#N)c3c(c2)C(C)(CO)CN3[B]C=O)n1. The van der Waals surface area contributed by atoms with Crippen LogP contribution in [0.1, 0.15) is 18.1 Å². The van der Waals surface area contributed by atoms with Crippen LogP contribution in [0, 0.1) is 11.3 Å². The average Bonchev–Trinajstić information content (AvgIpc) is 3.11. The summed E-state index contributed by atoms with van der Waals surface area (Å²) in [6.45, 7) is 2.13. The zero-order valence-corrected chi connectivity index (χ0v) is 18.7. The summed E-state index contributed by atoms with van der Waals surface area (Å²) in [6, 6.07) is 9.18. The number of aliphatic hydroxyl groups excluding tert-OH is 1. The molecule has 0 saturated carbocycles. The van der Waals surface area contributed by atoms with Crippen LogP contribution in [0.3, 0.4) is 0 Å². The highest BCUT2D eigenvalue weighted by Crippen LogP contribution is 2.44. The van der Waals surface area contributed by atoms with E-state index in [1.165, 1.54) is 20.7 Å². The normalized spacial score (nSPS) is 16.6. The van der Waals surface area contributed by atoms with Gasteiger partial charge >= 0.3 is 7.41 Å². The van der Waals surface area contributed by atoms with Crippen molar-refractivity contribution in [2.45, 2.75) is 12.3 Å². The summed E-state index contributed by atoms with van der Waals surface area (Å²) in [4.78, 5) is 25.8. The van der Waals surface area contributed by atoms with Crippen molar-refractivity contribution in [3.8, 4) is 23.2 Å². The zero-order valence-electron chi connectivity index (χ0n) is 17.9. The van der Waals surface area contributed by atoms with E-state index in [4.69, 9.17) is 16.3 Å². The number of carbonyl (C=O) groups is 1. The summed E-state index contributed by atoms with van der Waals surface area (Å²) >= 11 is 6.05. The van der Waals surface area contributed by atoms with Crippen LogP contribution >= 0.6 is 11.6 Å². The number of pyridine rings is 1. The Morgan fingerprint density at radius 1 is 1.42 bits per heavy atom. The first kappa shape index (κ1) is 22.5. The summed E-state index contributed by atoms with van der Waals surface area (Å²) in [5, 5.41) is 23.4. The topological polar surface area (TPSA) is 124 Å². The average molecular weight is 462 g/mol. The maximum absolute atomic E-state index is 11.1. The van der Waals surface area contributed by atoms with E-state index in [9.17, 15) is 15.2 Å². The van der Waals surface area contributed by atoms with Gasteiger partial charge in [0.1, 0.15) is 17.9 Å². The Morgan fingerprint density at radius 2 is 2.24 bits per heavy atom. The van der Waals surface area contributed by atoms with Gasteiger partial charge in [-0.3, -0.25) is 0 Å². The van der Waals surface area contributed by atoms with E-state index in [1.54, 1.807) is 29.2 Å². The molecule has 1 atom stereocenters. The van der Waals surface area contributed by atoms with Gasteiger partial charge in [0.25, 0.3) is 0 Å². The summed E-state index contributed by atoms with van der Waals surface area (Å²) < 4.78 is 5.25. The van der Waals surface area contributed by atoms with E-state index in [-0.39, 0.29) is 12.6 Å². The molecule has 1 aliphatic rings. The van der Waals surface area contributed by atoms with Gasteiger partial charge in [0.15, 0.2) is 0 Å². The van der Waals surface area contributed by atoms with Gasteiger partial charge in [-0.25, -0.2) is 15.0 Å². The molecular weight excluding hydrogens is 443 g/mol. The number of aliphatic hydroxyl groups is 1. The number of nitriles is 1. The zero-order chi connectivity index (χ0) is 23.6. The molecule has 0 fully saturated rings. The molecule has 0 saturated heterocycles. The van der Waals surface area contributed by atoms with Gasteiger partial charge in [-0.2, -0.15) is 5.26 Å². The second-order valence-electron chi connectivity index (χ2n) is 7.76. The monoisotopic (exact) mass is 461 g/mol. The van der Waals surface area contributed by atoms with Crippen molar-refractivity contribution in [1.29, 1.82) is 5.26 Å².